The van der Waals surface area contributed by atoms with Crippen LogP contribution in [0.1, 0.15) is 16.1 Å². The summed E-state index contributed by atoms with van der Waals surface area (Å²) in [5, 5.41) is 4.19. The standard InChI is InChI=1S/C17H15N3OS2/c1-11-14(12-7-4-3-5-8-12)23-17(19-11)20-15(21)13-9-6-10-18-16(13)22-2/h3-10H,1-2H3,(H,19,20,21). The summed E-state index contributed by atoms with van der Waals surface area (Å²) >= 11 is 2.93. The lowest BCUT2D eigenvalue weighted by Crippen LogP contribution is -2.13. The van der Waals surface area contributed by atoms with Crippen LogP contribution in [0.3, 0.4) is 0 Å². The van der Waals surface area contributed by atoms with Crippen molar-refractivity contribution in [2.75, 3.05) is 11.6 Å². The first kappa shape index (κ1) is 15.7. The minimum Gasteiger partial charge on any atom is -0.298 e. The van der Waals surface area contributed by atoms with Crippen molar-refractivity contribution in [3.8, 4) is 10.4 Å². The first-order valence-electron chi connectivity index (χ1n) is 7.02. The van der Waals surface area contributed by atoms with E-state index < -0.39 is 0 Å². The number of benzene rings is 1. The molecular weight excluding hydrogens is 326 g/mol. The molecule has 0 atom stereocenters. The first-order valence-corrected chi connectivity index (χ1v) is 9.06. The molecule has 0 saturated carbocycles. The topological polar surface area (TPSA) is 54.9 Å². The molecule has 1 amide bonds. The summed E-state index contributed by atoms with van der Waals surface area (Å²) in [5.41, 5.74) is 2.58. The number of nitrogens with zero attached hydrogens (tertiary/aromatic N) is 2. The number of aromatic nitrogens is 2. The van der Waals surface area contributed by atoms with E-state index in [1.54, 1.807) is 18.3 Å². The highest BCUT2D eigenvalue weighted by Gasteiger charge is 2.15. The zero-order valence-corrected chi connectivity index (χ0v) is 14.4. The molecule has 2 aromatic heterocycles. The molecule has 1 aromatic carbocycles. The van der Waals surface area contributed by atoms with E-state index >= 15 is 0 Å². The summed E-state index contributed by atoms with van der Waals surface area (Å²) in [4.78, 5) is 22.2. The molecule has 0 fully saturated rings. The third-order valence-electron chi connectivity index (χ3n) is 3.26. The molecular formula is C17H15N3OS2. The van der Waals surface area contributed by atoms with Crippen LogP contribution >= 0.6 is 23.1 Å². The van der Waals surface area contributed by atoms with Gasteiger partial charge in [0.05, 0.1) is 16.1 Å². The van der Waals surface area contributed by atoms with Gasteiger partial charge in [-0.05, 0) is 30.9 Å². The Balaban J connectivity index is 1.85. The van der Waals surface area contributed by atoms with Crippen LogP contribution in [0.2, 0.25) is 0 Å². The second kappa shape index (κ2) is 6.93. The molecule has 1 N–H and O–H groups in total. The number of hydrogen-bond donors (Lipinski definition) is 1. The second-order valence-electron chi connectivity index (χ2n) is 4.81. The number of carbonyl (C=O) groups is 1. The molecule has 0 aliphatic carbocycles. The first-order chi connectivity index (χ1) is 11.2. The summed E-state index contributed by atoms with van der Waals surface area (Å²) in [6.45, 7) is 1.95. The summed E-state index contributed by atoms with van der Waals surface area (Å²) in [5.74, 6) is -0.184. The molecule has 23 heavy (non-hydrogen) atoms. The van der Waals surface area contributed by atoms with Crippen molar-refractivity contribution in [3.63, 3.8) is 0 Å². The van der Waals surface area contributed by atoms with Gasteiger partial charge in [-0.1, -0.05) is 41.7 Å². The Kier molecular flexibility index (Phi) is 4.73. The number of aryl methyl sites for hydroxylation is 1. The average Bonchev–Trinajstić information content (AvgIpc) is 2.95. The van der Waals surface area contributed by atoms with Gasteiger partial charge in [-0.3, -0.25) is 10.1 Å². The predicted octanol–water partition coefficient (Wildman–Crippen LogP) is 4.49. The minimum atomic E-state index is -0.184. The fourth-order valence-corrected chi connectivity index (χ4v) is 3.71. The van der Waals surface area contributed by atoms with Crippen molar-refractivity contribution in [2.24, 2.45) is 0 Å². The van der Waals surface area contributed by atoms with Crippen LogP contribution in [0.4, 0.5) is 5.13 Å². The number of pyridine rings is 1. The highest BCUT2D eigenvalue weighted by atomic mass is 32.2. The van der Waals surface area contributed by atoms with E-state index in [9.17, 15) is 4.79 Å². The van der Waals surface area contributed by atoms with Gasteiger partial charge in [0.1, 0.15) is 5.03 Å². The number of hydrogen-bond acceptors (Lipinski definition) is 5. The highest BCUT2D eigenvalue weighted by molar-refractivity contribution is 7.98. The minimum absolute atomic E-state index is 0.184. The molecule has 116 valence electrons. The van der Waals surface area contributed by atoms with Crippen LogP contribution < -0.4 is 5.32 Å². The second-order valence-corrected chi connectivity index (χ2v) is 6.61. The Labute approximate surface area is 143 Å². The zero-order valence-electron chi connectivity index (χ0n) is 12.7. The largest absolute Gasteiger partial charge is 0.298 e. The quantitative estimate of drug-likeness (QED) is 0.711. The molecule has 6 heteroatoms. The van der Waals surface area contributed by atoms with Crippen molar-refractivity contribution >= 4 is 34.1 Å². The Morgan fingerprint density at radius 3 is 2.70 bits per heavy atom. The molecule has 0 radical (unpaired) electrons. The van der Waals surface area contributed by atoms with Crippen LogP contribution in [0, 0.1) is 6.92 Å². The third kappa shape index (κ3) is 3.43. The number of carbonyl (C=O) groups excluding carboxylic acids is 1. The number of nitrogens with one attached hydrogen (secondary N) is 1. The summed E-state index contributed by atoms with van der Waals surface area (Å²) < 4.78 is 0. The van der Waals surface area contributed by atoms with E-state index in [0.29, 0.717) is 15.7 Å². The van der Waals surface area contributed by atoms with Crippen molar-refractivity contribution in [2.45, 2.75) is 11.9 Å². The van der Waals surface area contributed by atoms with E-state index in [4.69, 9.17) is 0 Å². The molecule has 2 heterocycles. The van der Waals surface area contributed by atoms with Gasteiger partial charge in [-0.25, -0.2) is 9.97 Å². The van der Waals surface area contributed by atoms with Gasteiger partial charge in [0.15, 0.2) is 5.13 Å². The van der Waals surface area contributed by atoms with Gasteiger partial charge in [0.25, 0.3) is 5.91 Å². The summed E-state index contributed by atoms with van der Waals surface area (Å²) in [7, 11) is 0. The molecule has 4 nitrogen and oxygen atoms in total. The predicted molar refractivity (Wildman–Crippen MR) is 96.3 cm³/mol. The number of amides is 1. The normalized spacial score (nSPS) is 10.5. The Morgan fingerprint density at radius 2 is 1.96 bits per heavy atom. The van der Waals surface area contributed by atoms with Crippen LogP contribution in [-0.2, 0) is 0 Å². The lowest BCUT2D eigenvalue weighted by molar-refractivity contribution is 0.102. The van der Waals surface area contributed by atoms with Gasteiger partial charge < -0.3 is 0 Å². The third-order valence-corrected chi connectivity index (χ3v) is 5.10. The maximum atomic E-state index is 12.5. The maximum absolute atomic E-state index is 12.5. The van der Waals surface area contributed by atoms with Crippen molar-refractivity contribution in [1.82, 2.24) is 9.97 Å². The van der Waals surface area contributed by atoms with E-state index in [2.05, 4.69) is 15.3 Å². The number of anilines is 1. The van der Waals surface area contributed by atoms with E-state index in [-0.39, 0.29) is 5.91 Å². The molecule has 3 aromatic rings. The van der Waals surface area contributed by atoms with Crippen LogP contribution in [0.15, 0.2) is 53.7 Å². The summed E-state index contributed by atoms with van der Waals surface area (Å²) in [6, 6.07) is 13.6. The molecule has 0 saturated heterocycles. The Hall–Kier alpha value is -2.18. The molecule has 3 rings (SSSR count). The number of thioether (sulfide) groups is 1. The van der Waals surface area contributed by atoms with Gasteiger partial charge in [-0.15, -0.1) is 11.8 Å². The van der Waals surface area contributed by atoms with E-state index in [0.717, 1.165) is 16.1 Å². The molecule has 0 bridgehead atoms. The Bertz CT molecular complexity index is 831. The van der Waals surface area contributed by atoms with E-state index in [1.807, 2.05) is 43.5 Å². The SMILES string of the molecule is CSc1ncccc1C(=O)Nc1nc(C)c(-c2ccccc2)s1. The number of rotatable bonds is 4. The average molecular weight is 341 g/mol. The van der Waals surface area contributed by atoms with Crippen LogP contribution in [0.5, 0.6) is 0 Å². The Morgan fingerprint density at radius 1 is 1.17 bits per heavy atom. The molecule has 0 unspecified atom stereocenters. The lowest BCUT2D eigenvalue weighted by atomic mass is 10.2. The van der Waals surface area contributed by atoms with Crippen molar-refractivity contribution in [1.29, 1.82) is 0 Å². The molecule has 0 aliphatic rings. The van der Waals surface area contributed by atoms with Gasteiger partial charge in [-0.2, -0.15) is 0 Å². The van der Waals surface area contributed by atoms with E-state index in [1.165, 1.54) is 23.1 Å². The van der Waals surface area contributed by atoms with Crippen LogP contribution in [0.25, 0.3) is 10.4 Å². The maximum Gasteiger partial charge on any atom is 0.260 e. The van der Waals surface area contributed by atoms with Crippen molar-refractivity contribution < 1.29 is 4.79 Å². The van der Waals surface area contributed by atoms with Gasteiger partial charge in [0, 0.05) is 6.20 Å². The smallest absolute Gasteiger partial charge is 0.260 e. The summed E-state index contributed by atoms with van der Waals surface area (Å²) in [6.07, 6.45) is 3.59. The number of thiazole rings is 1. The zero-order chi connectivity index (χ0) is 16.2. The fraction of sp³-hybridized carbons (Fsp3) is 0.118. The fourth-order valence-electron chi connectivity index (χ4n) is 2.20. The van der Waals surface area contributed by atoms with Crippen molar-refractivity contribution in [3.05, 3.63) is 59.9 Å². The molecule has 0 aliphatic heterocycles. The molecule has 0 spiro atoms. The monoisotopic (exact) mass is 341 g/mol. The van der Waals surface area contributed by atoms with Gasteiger partial charge >= 0.3 is 0 Å². The highest BCUT2D eigenvalue weighted by Crippen LogP contribution is 2.32. The lowest BCUT2D eigenvalue weighted by Gasteiger charge is -2.05. The van der Waals surface area contributed by atoms with Gasteiger partial charge in [0.2, 0.25) is 0 Å². The van der Waals surface area contributed by atoms with Crippen LogP contribution in [-0.4, -0.2) is 22.1 Å².